The third-order valence-electron chi connectivity index (χ3n) is 1.65. The maximum Gasteiger partial charge on any atom is 0.387 e. The number of aromatic carboxylic acids is 1. The highest BCUT2D eigenvalue weighted by atomic mass is 32.1. The highest BCUT2D eigenvalue weighted by Crippen LogP contribution is 2.29. The molecule has 1 rings (SSSR count). The summed E-state index contributed by atoms with van der Waals surface area (Å²) in [7, 11) is 0. The number of alkyl halides is 2. The first-order valence-corrected chi connectivity index (χ1v) is 4.35. The van der Waals surface area contributed by atoms with Gasteiger partial charge in [0.05, 0.1) is 22.1 Å². The van der Waals surface area contributed by atoms with Crippen molar-refractivity contribution in [2.75, 3.05) is 0 Å². The molecule has 0 unspecified atom stereocenters. The molecule has 0 radical (unpaired) electrons. The van der Waals surface area contributed by atoms with Crippen LogP contribution < -0.4 is 4.74 Å². The fraction of sp³-hybridized carbons (Fsp3) is 0.111. The molecule has 0 aliphatic rings. The van der Waals surface area contributed by atoms with Crippen molar-refractivity contribution >= 4 is 18.6 Å². The number of halogens is 2. The second-order valence-corrected chi connectivity index (χ2v) is 3.11. The van der Waals surface area contributed by atoms with Gasteiger partial charge in [-0.2, -0.15) is 14.0 Å². The van der Waals surface area contributed by atoms with Crippen LogP contribution in [0.1, 0.15) is 15.9 Å². The van der Waals surface area contributed by atoms with Gasteiger partial charge < -0.3 is 9.84 Å². The van der Waals surface area contributed by atoms with E-state index in [-0.39, 0.29) is 16.0 Å². The van der Waals surface area contributed by atoms with E-state index < -0.39 is 18.3 Å². The lowest BCUT2D eigenvalue weighted by molar-refractivity contribution is -0.0517. The first-order valence-electron chi connectivity index (χ1n) is 3.91. The average Bonchev–Trinajstić information content (AvgIpc) is 2.19. The van der Waals surface area contributed by atoms with E-state index in [1.54, 1.807) is 6.07 Å². The molecule has 1 N–H and O–H groups in total. The molecule has 0 saturated heterocycles. The first-order chi connectivity index (χ1) is 7.45. The number of rotatable bonds is 3. The molecule has 84 valence electrons. The van der Waals surface area contributed by atoms with Crippen molar-refractivity contribution in [3.63, 3.8) is 0 Å². The summed E-state index contributed by atoms with van der Waals surface area (Å²) in [5, 5.41) is 17.3. The van der Waals surface area contributed by atoms with Crippen molar-refractivity contribution < 1.29 is 23.4 Å². The maximum absolute atomic E-state index is 12.0. The molecule has 0 aliphatic carbocycles. The highest BCUT2D eigenvalue weighted by Gasteiger charge is 2.17. The van der Waals surface area contributed by atoms with E-state index in [1.165, 1.54) is 0 Å². The van der Waals surface area contributed by atoms with Crippen LogP contribution >= 0.6 is 12.6 Å². The molecule has 7 heteroatoms. The summed E-state index contributed by atoms with van der Waals surface area (Å²) in [4.78, 5) is 10.5. The van der Waals surface area contributed by atoms with Crippen LogP contribution in [0.4, 0.5) is 8.78 Å². The molecule has 0 fully saturated rings. The third kappa shape index (κ3) is 2.61. The van der Waals surface area contributed by atoms with Gasteiger partial charge in [-0.1, -0.05) is 0 Å². The summed E-state index contributed by atoms with van der Waals surface area (Å²) in [6.45, 7) is -3.11. The van der Waals surface area contributed by atoms with Crippen molar-refractivity contribution in [2.24, 2.45) is 0 Å². The Bertz CT molecular complexity index is 471. The van der Waals surface area contributed by atoms with Gasteiger partial charge in [0.1, 0.15) is 5.75 Å². The lowest BCUT2D eigenvalue weighted by Crippen LogP contribution is -2.06. The van der Waals surface area contributed by atoms with Gasteiger partial charge in [0.2, 0.25) is 0 Å². The second kappa shape index (κ2) is 4.81. The van der Waals surface area contributed by atoms with Gasteiger partial charge in [0.15, 0.2) is 0 Å². The number of carboxylic acids is 1. The molecule has 0 bridgehead atoms. The predicted molar refractivity (Wildman–Crippen MR) is 52.0 cm³/mol. The number of benzene rings is 1. The zero-order chi connectivity index (χ0) is 12.3. The standard InChI is InChI=1S/C9H5F2NO3S/c10-9(11)15-6-2-4(3-12)1-5(7(6)16)8(13)14/h1-2,9,16H,(H,13,14). The van der Waals surface area contributed by atoms with Crippen LogP contribution in [0.25, 0.3) is 0 Å². The molecule has 0 saturated carbocycles. The quantitative estimate of drug-likeness (QED) is 0.800. The van der Waals surface area contributed by atoms with Crippen LogP contribution in [0.5, 0.6) is 5.75 Å². The van der Waals surface area contributed by atoms with E-state index in [0.717, 1.165) is 12.1 Å². The molecule has 0 heterocycles. The molecule has 0 amide bonds. The molecule has 0 spiro atoms. The van der Waals surface area contributed by atoms with Crippen LogP contribution in [0.3, 0.4) is 0 Å². The lowest BCUT2D eigenvalue weighted by atomic mass is 10.1. The molecule has 0 aromatic heterocycles. The topological polar surface area (TPSA) is 70.3 Å². The van der Waals surface area contributed by atoms with Gasteiger partial charge >= 0.3 is 12.6 Å². The van der Waals surface area contributed by atoms with E-state index in [0.29, 0.717) is 0 Å². The molecule has 1 aromatic rings. The summed E-state index contributed by atoms with van der Waals surface area (Å²) < 4.78 is 28.0. The second-order valence-electron chi connectivity index (χ2n) is 2.67. The number of ether oxygens (including phenoxy) is 1. The summed E-state index contributed by atoms with van der Waals surface area (Å²) in [5.74, 6) is -1.81. The van der Waals surface area contributed by atoms with Crippen LogP contribution in [0, 0.1) is 11.3 Å². The molecule has 0 atom stereocenters. The molecular formula is C9H5F2NO3S. The van der Waals surface area contributed by atoms with Crippen molar-refractivity contribution in [3.05, 3.63) is 23.3 Å². The Morgan fingerprint density at radius 1 is 1.56 bits per heavy atom. The fourth-order valence-electron chi connectivity index (χ4n) is 1.02. The molecule has 4 nitrogen and oxygen atoms in total. The summed E-state index contributed by atoms with van der Waals surface area (Å²) >= 11 is 3.76. The van der Waals surface area contributed by atoms with E-state index in [1.807, 2.05) is 0 Å². The number of nitriles is 1. The number of thiol groups is 1. The van der Waals surface area contributed by atoms with Crippen LogP contribution in [0.2, 0.25) is 0 Å². The number of hydrogen-bond donors (Lipinski definition) is 2. The smallest absolute Gasteiger partial charge is 0.387 e. The van der Waals surface area contributed by atoms with E-state index in [9.17, 15) is 13.6 Å². The van der Waals surface area contributed by atoms with E-state index >= 15 is 0 Å². The number of carbonyl (C=O) groups is 1. The lowest BCUT2D eigenvalue weighted by Gasteiger charge is -2.09. The summed E-state index contributed by atoms with van der Waals surface area (Å²) in [6, 6.07) is 3.67. The van der Waals surface area contributed by atoms with Crippen molar-refractivity contribution in [1.82, 2.24) is 0 Å². The Labute approximate surface area is 94.5 Å². The average molecular weight is 245 g/mol. The van der Waals surface area contributed by atoms with Gasteiger partial charge in [-0.3, -0.25) is 0 Å². The molecule has 1 aromatic carbocycles. The number of hydrogen-bond acceptors (Lipinski definition) is 4. The third-order valence-corrected chi connectivity index (χ3v) is 2.11. The van der Waals surface area contributed by atoms with Gasteiger partial charge in [0.25, 0.3) is 0 Å². The van der Waals surface area contributed by atoms with Crippen molar-refractivity contribution in [1.29, 1.82) is 5.26 Å². The SMILES string of the molecule is N#Cc1cc(OC(F)F)c(S)c(C(=O)O)c1. The van der Waals surface area contributed by atoms with Crippen LogP contribution in [-0.4, -0.2) is 17.7 Å². The predicted octanol–water partition coefficient (Wildman–Crippen LogP) is 2.15. The first kappa shape index (κ1) is 12.3. The van der Waals surface area contributed by atoms with Crippen molar-refractivity contribution in [2.45, 2.75) is 11.5 Å². The minimum atomic E-state index is -3.11. The van der Waals surface area contributed by atoms with Gasteiger partial charge in [0, 0.05) is 0 Å². The van der Waals surface area contributed by atoms with E-state index in [2.05, 4.69) is 17.4 Å². The van der Waals surface area contributed by atoms with E-state index in [4.69, 9.17) is 10.4 Å². The minimum Gasteiger partial charge on any atom is -0.478 e. The molecule has 0 aliphatic heterocycles. The van der Waals surface area contributed by atoms with Crippen molar-refractivity contribution in [3.8, 4) is 11.8 Å². The zero-order valence-corrected chi connectivity index (χ0v) is 8.54. The normalized spacial score (nSPS) is 9.94. The Kier molecular flexibility index (Phi) is 3.68. The largest absolute Gasteiger partial charge is 0.478 e. The zero-order valence-electron chi connectivity index (χ0n) is 7.65. The Hall–Kier alpha value is -1.81. The summed E-state index contributed by atoms with van der Waals surface area (Å²) in [6.07, 6.45) is 0. The Morgan fingerprint density at radius 3 is 2.62 bits per heavy atom. The Balaban J connectivity index is 3.32. The number of carboxylic acid groups (broad SMARTS) is 1. The monoisotopic (exact) mass is 245 g/mol. The van der Waals surface area contributed by atoms with Gasteiger partial charge in [-0.15, -0.1) is 12.6 Å². The number of nitrogens with zero attached hydrogens (tertiary/aromatic N) is 1. The van der Waals surface area contributed by atoms with Gasteiger partial charge in [-0.25, -0.2) is 4.79 Å². The Morgan fingerprint density at radius 2 is 2.19 bits per heavy atom. The van der Waals surface area contributed by atoms with Crippen LogP contribution in [0.15, 0.2) is 17.0 Å². The van der Waals surface area contributed by atoms with Gasteiger partial charge in [-0.05, 0) is 12.1 Å². The summed E-state index contributed by atoms with van der Waals surface area (Å²) in [5.41, 5.74) is -0.455. The maximum atomic E-state index is 12.0. The van der Waals surface area contributed by atoms with Crippen LogP contribution in [-0.2, 0) is 0 Å². The fourth-order valence-corrected chi connectivity index (χ4v) is 1.30. The molecule has 16 heavy (non-hydrogen) atoms. The molecular weight excluding hydrogens is 240 g/mol. The highest BCUT2D eigenvalue weighted by molar-refractivity contribution is 7.80. The minimum absolute atomic E-state index is 0.0918.